The maximum absolute atomic E-state index is 2.58. The van der Waals surface area contributed by atoms with Crippen LogP contribution in [-0.2, 0) is 0 Å². The van der Waals surface area contributed by atoms with Crippen LogP contribution < -0.4 is 0 Å². The lowest BCUT2D eigenvalue weighted by Crippen LogP contribution is -2.29. The summed E-state index contributed by atoms with van der Waals surface area (Å²) in [7, 11) is -0.0941. The van der Waals surface area contributed by atoms with Crippen LogP contribution in [0.15, 0.2) is 59.2 Å². The molecule has 3 aliphatic carbocycles. The summed E-state index contributed by atoms with van der Waals surface area (Å²) >= 11 is 0. The van der Waals surface area contributed by atoms with Crippen molar-refractivity contribution in [1.29, 1.82) is 0 Å². The van der Waals surface area contributed by atoms with Crippen LogP contribution in [0.1, 0.15) is 87.5 Å². The molecule has 0 nitrogen and oxygen atoms in total. The van der Waals surface area contributed by atoms with Gasteiger partial charge in [-0.25, -0.2) is 0 Å². The summed E-state index contributed by atoms with van der Waals surface area (Å²) in [6.07, 6.45) is 5.75. The molecule has 2 aromatic rings. The zero-order chi connectivity index (χ0) is 20.6. The highest BCUT2D eigenvalue weighted by molar-refractivity contribution is 7.68. The monoisotopic (exact) mass is 432 g/mol. The molecule has 2 bridgehead atoms. The maximum atomic E-state index is 2.58. The standard InChI is InChI=1S/C28H34P2/c1-17-13-14-18(2)29(17)27-25-21-9-5-7-11-23(21)26(24-12-8-6-10-22(24)25)28(27)30-19(3)15-16-20(30)4/h5-12,17-20,25-26H,13-16H2,1-4H3/t17-,18-,19-,20-,25?,26?/m0/s1. The molecule has 0 N–H and O–H groups in total. The van der Waals surface area contributed by atoms with Gasteiger partial charge in [0.1, 0.15) is 0 Å². The Hall–Kier alpha value is -0.960. The second-order valence-corrected chi connectivity index (χ2v) is 16.4. The van der Waals surface area contributed by atoms with Crippen LogP contribution in [-0.4, -0.2) is 22.6 Å². The summed E-state index contributed by atoms with van der Waals surface area (Å²) < 4.78 is 0. The Morgan fingerprint density at radius 1 is 0.500 bits per heavy atom. The van der Waals surface area contributed by atoms with Crippen molar-refractivity contribution < 1.29 is 0 Å². The first-order chi connectivity index (χ1) is 14.6. The second kappa shape index (κ2) is 7.29. The Kier molecular flexibility index (Phi) is 4.79. The van der Waals surface area contributed by atoms with Crippen molar-refractivity contribution in [3.8, 4) is 0 Å². The molecule has 0 saturated carbocycles. The van der Waals surface area contributed by atoms with Gasteiger partial charge in [0, 0.05) is 11.8 Å². The van der Waals surface area contributed by atoms with E-state index < -0.39 is 0 Å². The largest absolute Gasteiger partial charge is 0.0725 e. The second-order valence-electron chi connectivity index (χ2n) is 10.3. The molecule has 2 heterocycles. The summed E-state index contributed by atoms with van der Waals surface area (Å²) in [5.41, 5.74) is 10.1. The predicted octanol–water partition coefficient (Wildman–Crippen LogP) is 8.59. The van der Waals surface area contributed by atoms with Gasteiger partial charge in [0.15, 0.2) is 0 Å². The Balaban J connectivity index is 1.66. The van der Waals surface area contributed by atoms with E-state index in [0.717, 1.165) is 22.6 Å². The minimum atomic E-state index is -0.0470. The van der Waals surface area contributed by atoms with Crippen molar-refractivity contribution in [2.24, 2.45) is 0 Å². The molecule has 2 aromatic carbocycles. The first-order valence-corrected chi connectivity index (χ1v) is 15.0. The van der Waals surface area contributed by atoms with E-state index in [2.05, 4.69) is 76.2 Å². The quantitative estimate of drug-likeness (QED) is 0.417. The molecule has 156 valence electrons. The van der Waals surface area contributed by atoms with Crippen molar-refractivity contribution in [3.63, 3.8) is 0 Å². The van der Waals surface area contributed by atoms with Crippen LogP contribution in [0.4, 0.5) is 0 Å². The molecule has 2 fully saturated rings. The zero-order valence-corrected chi connectivity index (χ0v) is 20.6. The van der Waals surface area contributed by atoms with Gasteiger partial charge in [-0.2, -0.15) is 0 Å². The normalized spacial score (nSPS) is 35.7. The van der Waals surface area contributed by atoms with Gasteiger partial charge in [0.2, 0.25) is 0 Å². The number of hydrogen-bond acceptors (Lipinski definition) is 0. The Labute approximate surface area is 185 Å². The molecule has 0 aromatic heterocycles. The molecule has 7 rings (SSSR count). The maximum Gasteiger partial charge on any atom is 0.0354 e. The topological polar surface area (TPSA) is 0 Å². The van der Waals surface area contributed by atoms with E-state index in [1.54, 1.807) is 22.3 Å². The molecular weight excluding hydrogens is 398 g/mol. The lowest BCUT2D eigenvalue weighted by molar-refractivity contribution is 0.777. The van der Waals surface area contributed by atoms with Crippen molar-refractivity contribution in [2.75, 3.05) is 0 Å². The minimum Gasteiger partial charge on any atom is -0.0725 e. The van der Waals surface area contributed by atoms with Crippen molar-refractivity contribution in [3.05, 3.63) is 81.4 Å². The molecule has 2 aliphatic heterocycles. The Morgan fingerprint density at radius 3 is 1.03 bits per heavy atom. The van der Waals surface area contributed by atoms with Gasteiger partial charge in [-0.1, -0.05) is 92.1 Å². The lowest BCUT2D eigenvalue weighted by Gasteiger charge is -2.49. The fraction of sp³-hybridized carbons (Fsp3) is 0.500. The third-order valence-electron chi connectivity index (χ3n) is 8.51. The van der Waals surface area contributed by atoms with E-state index in [4.69, 9.17) is 0 Å². The van der Waals surface area contributed by atoms with Gasteiger partial charge in [-0.3, -0.25) is 0 Å². The molecule has 5 aliphatic rings. The van der Waals surface area contributed by atoms with E-state index in [0.29, 0.717) is 11.8 Å². The number of allylic oxidation sites excluding steroid dienone is 2. The molecule has 2 saturated heterocycles. The third-order valence-corrected chi connectivity index (χ3v) is 15.6. The number of benzene rings is 2. The van der Waals surface area contributed by atoms with Gasteiger partial charge in [0.05, 0.1) is 0 Å². The number of hydrogen-bond donors (Lipinski definition) is 0. The fourth-order valence-electron chi connectivity index (χ4n) is 7.20. The Morgan fingerprint density at radius 2 is 0.767 bits per heavy atom. The van der Waals surface area contributed by atoms with Crippen LogP contribution >= 0.6 is 15.8 Å². The zero-order valence-electron chi connectivity index (χ0n) is 18.8. The van der Waals surface area contributed by atoms with Gasteiger partial charge in [0.25, 0.3) is 0 Å². The summed E-state index contributed by atoms with van der Waals surface area (Å²) in [4.78, 5) is 0. The predicted molar refractivity (Wildman–Crippen MR) is 134 cm³/mol. The van der Waals surface area contributed by atoms with E-state index in [1.807, 2.05) is 10.6 Å². The van der Waals surface area contributed by atoms with Gasteiger partial charge < -0.3 is 0 Å². The average Bonchev–Trinajstić information content (AvgIpc) is 3.27. The summed E-state index contributed by atoms with van der Waals surface area (Å²) in [6, 6.07) is 19.0. The van der Waals surface area contributed by atoms with Crippen molar-refractivity contribution in [2.45, 2.75) is 87.9 Å². The van der Waals surface area contributed by atoms with Crippen LogP contribution in [0, 0.1) is 0 Å². The van der Waals surface area contributed by atoms with Crippen molar-refractivity contribution in [1.82, 2.24) is 0 Å². The van der Waals surface area contributed by atoms with Gasteiger partial charge in [-0.05, 0) is 81.2 Å². The van der Waals surface area contributed by atoms with E-state index in [1.165, 1.54) is 25.7 Å². The highest BCUT2D eigenvalue weighted by atomic mass is 31.1. The van der Waals surface area contributed by atoms with Crippen LogP contribution in [0.2, 0.25) is 0 Å². The smallest absolute Gasteiger partial charge is 0.0354 e. The van der Waals surface area contributed by atoms with E-state index in [9.17, 15) is 0 Å². The Bertz CT molecular complexity index is 873. The molecule has 30 heavy (non-hydrogen) atoms. The highest BCUT2D eigenvalue weighted by Crippen LogP contribution is 2.78. The molecule has 0 amide bonds. The number of rotatable bonds is 2. The van der Waals surface area contributed by atoms with Crippen LogP contribution in [0.3, 0.4) is 0 Å². The first-order valence-electron chi connectivity index (χ1n) is 12.1. The summed E-state index contributed by atoms with van der Waals surface area (Å²) in [6.45, 7) is 10.3. The third kappa shape index (κ3) is 2.66. The molecule has 0 radical (unpaired) electrons. The van der Waals surface area contributed by atoms with Crippen LogP contribution in [0.5, 0.6) is 0 Å². The van der Waals surface area contributed by atoms with Gasteiger partial charge >= 0.3 is 0 Å². The average molecular weight is 433 g/mol. The lowest BCUT2D eigenvalue weighted by atomic mass is 9.67. The van der Waals surface area contributed by atoms with Crippen molar-refractivity contribution >= 4 is 15.8 Å². The summed E-state index contributed by atoms with van der Waals surface area (Å²) in [5, 5.41) is 3.94. The molecule has 4 atom stereocenters. The molecule has 0 unspecified atom stereocenters. The highest BCUT2D eigenvalue weighted by Gasteiger charge is 2.51. The molecule has 0 spiro atoms. The van der Waals surface area contributed by atoms with Gasteiger partial charge in [-0.15, -0.1) is 0 Å². The minimum absolute atomic E-state index is 0.0470. The molecular formula is C28H34P2. The SMILES string of the molecule is C[C@H]1CC[C@H](C)P1C1=C(P2[C@@H](C)CC[C@@H]2C)C2c3ccccc3C1c1ccccc12. The van der Waals surface area contributed by atoms with Crippen LogP contribution in [0.25, 0.3) is 0 Å². The summed E-state index contributed by atoms with van der Waals surface area (Å²) in [5.74, 6) is 1.07. The fourth-order valence-corrected chi connectivity index (χ4v) is 15.2. The van der Waals surface area contributed by atoms with E-state index in [-0.39, 0.29) is 15.8 Å². The first kappa shape index (κ1) is 19.7. The molecule has 2 heteroatoms. The van der Waals surface area contributed by atoms with E-state index >= 15 is 0 Å².